The molecule has 0 amide bonds. The van der Waals surface area contributed by atoms with Gasteiger partial charge in [-0.1, -0.05) is 71.0 Å². The van der Waals surface area contributed by atoms with Crippen molar-refractivity contribution in [1.82, 2.24) is 0 Å². The lowest BCUT2D eigenvalue weighted by Crippen LogP contribution is -2.52. The van der Waals surface area contributed by atoms with Gasteiger partial charge < -0.3 is 4.42 Å². The lowest BCUT2D eigenvalue weighted by molar-refractivity contribution is 0.675. The molecule has 8 aromatic carbocycles. The molecule has 9 aromatic rings. The minimum absolute atomic E-state index is 0.00893. The molecule has 0 fully saturated rings. The fraction of sp³-hybridized carbons (Fsp3) is 0. The molecule has 25 heteroatoms. The van der Waals surface area contributed by atoms with Crippen LogP contribution in [0.2, 0.25) is 0 Å². The zero-order valence-electron chi connectivity index (χ0n) is 34.3. The van der Waals surface area contributed by atoms with Gasteiger partial charge in [0, 0.05) is 10.8 Å². The van der Waals surface area contributed by atoms with E-state index in [4.69, 9.17) is 193 Å². The summed E-state index contributed by atoms with van der Waals surface area (Å²) >= 11 is 0. The molecule has 0 aliphatic rings. The van der Waals surface area contributed by atoms with Crippen LogP contribution in [0.15, 0.2) is 4.42 Å². The van der Waals surface area contributed by atoms with Crippen molar-refractivity contribution in [2.24, 2.45) is 0 Å². The molecule has 0 spiro atoms. The highest BCUT2D eigenvalue weighted by atomic mass is 16.3. The first-order chi connectivity index (χ1) is 30.3. The van der Waals surface area contributed by atoms with E-state index in [2.05, 4.69) is 0 Å². The zero-order valence-corrected chi connectivity index (χ0v) is 34.3. The molecule has 48 radical (unpaired) electrons. The second-order valence-corrected chi connectivity index (χ2v) is 15.9. The lowest BCUT2D eigenvalue weighted by Gasteiger charge is -2.32. The largest absolute Gasteiger partial charge is 0.457 e. The summed E-state index contributed by atoms with van der Waals surface area (Å²) in [6.07, 6.45) is 0. The summed E-state index contributed by atoms with van der Waals surface area (Å²) in [7, 11) is 162. The fourth-order valence-corrected chi connectivity index (χ4v) is 9.33. The van der Waals surface area contributed by atoms with Gasteiger partial charge in [-0.05, 0) is 65.3 Å². The van der Waals surface area contributed by atoms with Gasteiger partial charge in [0.15, 0.2) is 0 Å². The predicted octanol–water partition coefficient (Wildman–Crippen LogP) is -17.4. The molecule has 0 saturated heterocycles. The molecule has 0 aliphatic carbocycles. The summed E-state index contributed by atoms with van der Waals surface area (Å²) in [4.78, 5) is 0. The zero-order chi connectivity index (χ0) is 47.8. The van der Waals surface area contributed by atoms with E-state index in [1.807, 2.05) is 0 Å². The summed E-state index contributed by atoms with van der Waals surface area (Å²) in [6, 6.07) is 0. The normalized spacial score (nSPS) is 11.9. The number of hydrogen-bond acceptors (Lipinski definition) is 1. The minimum Gasteiger partial charge on any atom is -0.457 e. The Hall–Kier alpha value is -3.84. The maximum absolute atomic E-state index is 7.33. The third-order valence-electron chi connectivity index (χ3n) is 12.8. The molecule has 0 N–H and O–H groups in total. The molecule has 9 rings (SSSR count). The Morgan fingerprint density at radius 3 is 0.708 bits per heavy atom. The van der Waals surface area contributed by atoms with Crippen LogP contribution in [0.25, 0.3) is 87.3 Å². The first kappa shape index (κ1) is 46.3. The second kappa shape index (κ2) is 15.3. The Morgan fingerprint density at radius 2 is 0.354 bits per heavy atom. The highest BCUT2D eigenvalue weighted by molar-refractivity contribution is 6.77. The predicted molar refractivity (Wildman–Crippen MR) is 304 cm³/mol. The van der Waals surface area contributed by atoms with Crippen LogP contribution in [0.4, 0.5) is 0 Å². The van der Waals surface area contributed by atoms with Gasteiger partial charge in [0.05, 0.1) is 0 Å². The smallest absolute Gasteiger partial charge is 0.128 e. The van der Waals surface area contributed by atoms with Crippen molar-refractivity contribution >= 4 is 384 Å². The van der Waals surface area contributed by atoms with Gasteiger partial charge in [0.2, 0.25) is 0 Å². The minimum atomic E-state index is -0.179. The second-order valence-electron chi connectivity index (χ2n) is 15.9. The molecule has 238 valence electrons. The van der Waals surface area contributed by atoms with E-state index in [0.717, 1.165) is 0 Å². The topological polar surface area (TPSA) is 13.1 Å². The molecule has 1 nitrogen and oxygen atoms in total. The van der Waals surface area contributed by atoms with Crippen LogP contribution in [0.5, 0.6) is 0 Å². The van der Waals surface area contributed by atoms with Gasteiger partial charge in [0.1, 0.15) is 199 Å². The van der Waals surface area contributed by atoms with Crippen molar-refractivity contribution in [2.75, 3.05) is 0 Å². The number of rotatable bonds is 2. The third kappa shape index (κ3) is 5.75. The fourth-order valence-electron chi connectivity index (χ4n) is 9.33. The average Bonchev–Trinajstić information content (AvgIpc) is 3.68. The van der Waals surface area contributed by atoms with Crippen LogP contribution in [0.3, 0.4) is 0 Å². The van der Waals surface area contributed by atoms with Gasteiger partial charge in [-0.25, -0.2) is 0 Å². The number of furan rings is 1. The van der Waals surface area contributed by atoms with Crippen molar-refractivity contribution in [3.05, 3.63) is 0 Å². The summed E-state index contributed by atoms with van der Waals surface area (Å²) in [5, 5.41) is 0.645. The molecule has 1 heterocycles. The van der Waals surface area contributed by atoms with E-state index in [9.17, 15) is 0 Å². The first-order valence-corrected chi connectivity index (χ1v) is 19.1. The Bertz CT molecular complexity index is 3740. The number of benzene rings is 8. The Kier molecular flexibility index (Phi) is 10.9. The Labute approximate surface area is 408 Å². The van der Waals surface area contributed by atoms with E-state index in [1.165, 1.54) is 0 Å². The SMILES string of the molecule is [B]c1c([B])c([B])c2c(oc3c([B])c([B])c([B])c(-c4c5c([B])c([B])c([B])c([B])c5c(-c5c([B])c6c([B])c([B])c([B])c([B])c6c6c([B])c([B])c([B])c([B])c56)c5c([B])c([B])c([B])c([B])c45)c32)c1[B]. The van der Waals surface area contributed by atoms with E-state index in [-0.39, 0.29) is 218 Å². The molecule has 1 aromatic heterocycles. The molecule has 0 atom stereocenters. The molecule has 0 aliphatic heterocycles. The number of fused-ring (bicyclic) bond motifs is 8. The maximum Gasteiger partial charge on any atom is 0.128 e. The van der Waals surface area contributed by atoms with Gasteiger partial charge >= 0.3 is 0 Å². The van der Waals surface area contributed by atoms with Gasteiger partial charge in [-0.15, -0.1) is 60.1 Å². The van der Waals surface area contributed by atoms with Crippen LogP contribution in [-0.2, 0) is 0 Å². The Morgan fingerprint density at radius 1 is 0.138 bits per heavy atom. The highest BCUT2D eigenvalue weighted by Gasteiger charge is 2.31. The number of hydrogen-bond donors (Lipinski definition) is 0. The van der Waals surface area contributed by atoms with Gasteiger partial charge in [0.25, 0.3) is 0 Å². The van der Waals surface area contributed by atoms with Crippen LogP contribution in [0.1, 0.15) is 0 Å². The van der Waals surface area contributed by atoms with E-state index in [0.29, 0.717) is 0 Å². The summed E-state index contributed by atoms with van der Waals surface area (Å²) in [5.74, 6) is 0. The van der Waals surface area contributed by atoms with Crippen LogP contribution < -0.4 is 131 Å². The van der Waals surface area contributed by atoms with Crippen molar-refractivity contribution in [3.8, 4) is 22.3 Å². The molecular weight excluding hydrogens is 756 g/mol. The molecular formula is C40B24O. The Balaban J connectivity index is 1.74. The van der Waals surface area contributed by atoms with Crippen LogP contribution in [0, 0.1) is 0 Å². The van der Waals surface area contributed by atoms with Gasteiger partial charge in [-0.3, -0.25) is 0 Å². The standard InChI is InChI=1S/C40B24O/c41-15-3(9-10(22(48)31(57)30(56)21(9)47)11-13(15)24(50)33(59)32(58)23(11)49)1-4-6(18(44)28(54)26(52)16(4)42)2(7-5(1)17(43)27(53)29(55)19(7)45)8-12-14-25(51)34(60)36(62)38(64)40(14)65-39(12)37(63)35(61)20(8)46. The van der Waals surface area contributed by atoms with Crippen LogP contribution >= 0.6 is 0 Å². The van der Waals surface area contributed by atoms with Crippen molar-refractivity contribution in [1.29, 1.82) is 0 Å². The van der Waals surface area contributed by atoms with Crippen molar-refractivity contribution < 1.29 is 4.42 Å². The monoisotopic (exact) mass is 760 g/mol. The summed E-state index contributed by atoms with van der Waals surface area (Å²) in [5.41, 5.74) is -3.06. The average molecular weight is 756 g/mol. The first-order valence-electron chi connectivity index (χ1n) is 19.1. The van der Waals surface area contributed by atoms with Crippen LogP contribution in [-0.4, -0.2) is 188 Å². The molecule has 0 bridgehead atoms. The van der Waals surface area contributed by atoms with Gasteiger partial charge in [-0.2, -0.15) is 0 Å². The maximum atomic E-state index is 7.33. The highest BCUT2D eigenvalue weighted by Crippen LogP contribution is 2.44. The van der Waals surface area contributed by atoms with E-state index in [1.54, 1.807) is 0 Å². The van der Waals surface area contributed by atoms with Crippen molar-refractivity contribution in [3.63, 3.8) is 0 Å². The van der Waals surface area contributed by atoms with Crippen molar-refractivity contribution in [2.45, 2.75) is 0 Å². The summed E-state index contributed by atoms with van der Waals surface area (Å²) in [6.45, 7) is 0. The van der Waals surface area contributed by atoms with E-state index >= 15 is 0 Å². The summed E-state index contributed by atoms with van der Waals surface area (Å²) < 4.78 is 6.32. The third-order valence-corrected chi connectivity index (χ3v) is 12.8. The molecule has 0 saturated carbocycles. The quantitative estimate of drug-likeness (QED) is 0.0973. The lowest BCUT2D eigenvalue weighted by atomic mass is 9.56. The molecule has 0 unspecified atom stereocenters. The molecule has 65 heavy (non-hydrogen) atoms. The van der Waals surface area contributed by atoms with E-state index < -0.39 is 0 Å².